The largest absolute Gasteiger partial charge is 0.508 e. The first-order valence-electron chi connectivity index (χ1n) is 17.1. The number of aryl methyl sites for hydroxylation is 2. The van der Waals surface area contributed by atoms with Gasteiger partial charge < -0.3 is 9.84 Å². The van der Waals surface area contributed by atoms with Crippen LogP contribution in [0.5, 0.6) is 11.5 Å². The summed E-state index contributed by atoms with van der Waals surface area (Å²) in [5.41, 5.74) is 0.811. The van der Waals surface area contributed by atoms with Crippen LogP contribution in [0.1, 0.15) is 57.6 Å². The molecule has 6 atom stereocenters. The lowest BCUT2D eigenvalue weighted by Crippen LogP contribution is -2.49. The Labute approximate surface area is 304 Å². The number of ether oxygens (including phenoxy) is 1. The van der Waals surface area contributed by atoms with Gasteiger partial charge >= 0.3 is 0 Å². The number of imide groups is 2. The molecule has 3 fully saturated rings. The van der Waals surface area contributed by atoms with Crippen molar-refractivity contribution in [2.75, 3.05) is 12.0 Å². The number of amides is 4. The fourth-order valence-electron chi connectivity index (χ4n) is 9.34. The molecule has 8 rings (SSSR count). The molecular weight excluding hydrogens is 688 g/mol. The Hall–Kier alpha value is -4.48. The van der Waals surface area contributed by atoms with Gasteiger partial charge in [-0.25, -0.2) is 4.90 Å². The molecule has 0 spiro atoms. The standard InChI is InChI=1S/C39H39ClN4O6S/c1-18-23-14-19(40)8-13-29(23)51-33(18)27-17-30(42(6)41-27)43-35(47)26-16-24-21(10-11-22-31(24)36(48)44(34(22)46)38(2,3)4)32(39(26,5)37(43)49)25-15-20(50-7)9-12-28(25)45/h8-10,12-15,17,22,24,26,31-32,45H,11,16H2,1-7H3/t22-,24+,26-,31-,32+,39+/m0/s1. The number of phenols is 1. The quantitative estimate of drug-likeness (QED) is 0.177. The number of hydrogen-bond donors (Lipinski definition) is 1. The zero-order chi connectivity index (χ0) is 36.5. The van der Waals surface area contributed by atoms with Crippen LogP contribution >= 0.6 is 22.9 Å². The van der Waals surface area contributed by atoms with Crippen LogP contribution in [0.15, 0.2) is 54.1 Å². The van der Waals surface area contributed by atoms with Gasteiger partial charge in [-0.05, 0) is 101 Å². The predicted octanol–water partition coefficient (Wildman–Crippen LogP) is 7.01. The summed E-state index contributed by atoms with van der Waals surface area (Å²) < 4.78 is 8.16. The summed E-state index contributed by atoms with van der Waals surface area (Å²) in [6.45, 7) is 9.34. The van der Waals surface area contributed by atoms with E-state index in [1.807, 2.05) is 52.0 Å². The van der Waals surface area contributed by atoms with Crippen molar-refractivity contribution < 1.29 is 29.0 Å². The van der Waals surface area contributed by atoms with Crippen LogP contribution in [0.25, 0.3) is 20.7 Å². The number of thiophene rings is 1. The van der Waals surface area contributed by atoms with E-state index < -0.39 is 52.4 Å². The number of rotatable bonds is 4. The monoisotopic (exact) mass is 726 g/mol. The zero-order valence-electron chi connectivity index (χ0n) is 29.5. The molecule has 4 amide bonds. The number of anilines is 1. The SMILES string of the molecule is COc1ccc(O)c([C@H]2C3=CC[C@@H]4C(=O)N(C(C)(C)C)C(=O)[C@@H]4[C@@H]3C[C@H]3C(=O)N(c4cc(-c5sc6ccc(Cl)cc6c5C)nn4C)C(=O)[C@@]23C)c1. The minimum atomic E-state index is -1.33. The van der Waals surface area contributed by atoms with Gasteiger partial charge in [0.15, 0.2) is 0 Å². The van der Waals surface area contributed by atoms with Crippen LogP contribution in [0, 0.1) is 36.0 Å². The van der Waals surface area contributed by atoms with E-state index in [2.05, 4.69) is 0 Å². The third-order valence-corrected chi connectivity index (χ3v) is 13.2. The Bertz CT molecular complexity index is 2250. The fraction of sp³-hybridized carbons (Fsp3) is 0.410. The Balaban J connectivity index is 1.27. The molecule has 264 valence electrons. The number of methoxy groups -OCH3 is 1. The Kier molecular flexibility index (Phi) is 7.43. The summed E-state index contributed by atoms with van der Waals surface area (Å²) in [5, 5.41) is 17.8. The van der Waals surface area contributed by atoms with Crippen LogP contribution in [0.4, 0.5) is 5.82 Å². The summed E-state index contributed by atoms with van der Waals surface area (Å²) in [6.07, 6.45) is 2.52. The molecular formula is C39H39ClN4O6S. The van der Waals surface area contributed by atoms with Crippen molar-refractivity contribution in [1.29, 1.82) is 0 Å². The number of allylic oxidation sites excluding steroid dienone is 2. The molecule has 4 heterocycles. The number of likely N-dealkylation sites (tertiary alicyclic amines) is 1. The molecule has 0 bridgehead atoms. The normalized spacial score (nSPS) is 27.6. The first kappa shape index (κ1) is 33.7. The molecule has 10 nitrogen and oxygen atoms in total. The van der Waals surface area contributed by atoms with Gasteiger partial charge in [-0.1, -0.05) is 23.3 Å². The van der Waals surface area contributed by atoms with E-state index in [4.69, 9.17) is 21.4 Å². The summed E-state index contributed by atoms with van der Waals surface area (Å²) in [4.78, 5) is 61.3. The summed E-state index contributed by atoms with van der Waals surface area (Å²) >= 11 is 7.87. The van der Waals surface area contributed by atoms with Gasteiger partial charge in [0, 0.05) is 39.9 Å². The summed E-state index contributed by atoms with van der Waals surface area (Å²) in [6, 6.07) is 12.4. The van der Waals surface area contributed by atoms with Crippen molar-refractivity contribution in [3.8, 4) is 22.1 Å². The molecule has 4 aliphatic rings. The molecule has 2 aromatic carbocycles. The second-order valence-corrected chi connectivity index (χ2v) is 17.0. The van der Waals surface area contributed by atoms with Crippen molar-refractivity contribution >= 4 is 62.5 Å². The maximum Gasteiger partial charge on any atom is 0.242 e. The molecule has 1 saturated carbocycles. The minimum absolute atomic E-state index is 0.0450. The maximum absolute atomic E-state index is 15.0. The number of halogens is 1. The second kappa shape index (κ2) is 11.3. The molecule has 2 saturated heterocycles. The minimum Gasteiger partial charge on any atom is -0.508 e. The van der Waals surface area contributed by atoms with Crippen molar-refractivity contribution in [3.63, 3.8) is 0 Å². The first-order chi connectivity index (χ1) is 24.1. The number of hydrogen-bond acceptors (Lipinski definition) is 8. The molecule has 2 aliphatic carbocycles. The zero-order valence-corrected chi connectivity index (χ0v) is 31.1. The van der Waals surface area contributed by atoms with E-state index in [9.17, 15) is 19.5 Å². The van der Waals surface area contributed by atoms with E-state index >= 15 is 4.79 Å². The van der Waals surface area contributed by atoms with E-state index in [0.717, 1.165) is 26.1 Å². The first-order valence-corrected chi connectivity index (χ1v) is 18.3. The smallest absolute Gasteiger partial charge is 0.242 e. The predicted molar refractivity (Wildman–Crippen MR) is 195 cm³/mol. The molecule has 2 aromatic heterocycles. The van der Waals surface area contributed by atoms with E-state index in [-0.39, 0.29) is 24.0 Å². The Morgan fingerprint density at radius 1 is 1.02 bits per heavy atom. The average Bonchev–Trinajstić information content (AvgIpc) is 3.75. The maximum atomic E-state index is 15.0. The molecule has 51 heavy (non-hydrogen) atoms. The topological polar surface area (TPSA) is 122 Å². The van der Waals surface area contributed by atoms with Crippen LogP contribution in [0.3, 0.4) is 0 Å². The van der Waals surface area contributed by atoms with Crippen molar-refractivity contribution in [2.24, 2.45) is 36.1 Å². The van der Waals surface area contributed by atoms with Crippen LogP contribution in [-0.2, 0) is 26.2 Å². The van der Waals surface area contributed by atoms with Gasteiger partial charge in [-0.15, -0.1) is 11.3 Å². The van der Waals surface area contributed by atoms with Gasteiger partial charge in [-0.3, -0.25) is 28.8 Å². The van der Waals surface area contributed by atoms with Gasteiger partial charge in [0.1, 0.15) is 23.0 Å². The van der Waals surface area contributed by atoms with Crippen LogP contribution in [-0.4, -0.2) is 56.1 Å². The van der Waals surface area contributed by atoms with Gasteiger partial charge in [0.05, 0.1) is 35.2 Å². The summed E-state index contributed by atoms with van der Waals surface area (Å²) in [5.74, 6) is -3.85. The number of aromatic nitrogens is 2. The lowest BCUT2D eigenvalue weighted by Gasteiger charge is -2.49. The highest BCUT2D eigenvalue weighted by molar-refractivity contribution is 7.22. The number of phenolic OH excluding ortho intramolecular Hbond substituents is 1. The average molecular weight is 727 g/mol. The number of carbonyl (C=O) groups is 4. The van der Waals surface area contributed by atoms with E-state index in [1.54, 1.807) is 48.2 Å². The van der Waals surface area contributed by atoms with Crippen LogP contribution in [0.2, 0.25) is 5.02 Å². The highest BCUT2D eigenvalue weighted by Gasteiger charge is 2.68. The third-order valence-electron chi connectivity index (χ3n) is 11.7. The fourth-order valence-corrected chi connectivity index (χ4v) is 10.7. The van der Waals surface area contributed by atoms with Gasteiger partial charge in [-0.2, -0.15) is 5.10 Å². The highest BCUT2D eigenvalue weighted by Crippen LogP contribution is 2.65. The lowest BCUT2D eigenvalue weighted by molar-refractivity contribution is -0.145. The Morgan fingerprint density at radius 2 is 1.76 bits per heavy atom. The van der Waals surface area contributed by atoms with Gasteiger partial charge in [0.25, 0.3) is 0 Å². The number of fused-ring (bicyclic) bond motifs is 5. The third kappa shape index (κ3) is 4.63. The highest BCUT2D eigenvalue weighted by atomic mass is 35.5. The van der Waals surface area contributed by atoms with Crippen molar-refractivity contribution in [2.45, 2.75) is 58.9 Å². The molecule has 1 N–H and O–H groups in total. The number of carbonyl (C=O) groups excluding carboxylic acids is 4. The molecule has 0 unspecified atom stereocenters. The van der Waals surface area contributed by atoms with Crippen molar-refractivity contribution in [1.82, 2.24) is 14.7 Å². The summed E-state index contributed by atoms with van der Waals surface area (Å²) in [7, 11) is 3.24. The second-order valence-electron chi connectivity index (χ2n) is 15.5. The van der Waals surface area contributed by atoms with Gasteiger partial charge in [0.2, 0.25) is 23.6 Å². The molecule has 0 radical (unpaired) electrons. The van der Waals surface area contributed by atoms with Crippen molar-refractivity contribution in [3.05, 3.63) is 70.3 Å². The molecule has 4 aromatic rings. The number of nitrogens with zero attached hydrogens (tertiary/aromatic N) is 4. The lowest BCUT2D eigenvalue weighted by atomic mass is 9.51. The molecule has 2 aliphatic heterocycles. The van der Waals surface area contributed by atoms with E-state index in [0.29, 0.717) is 34.3 Å². The number of benzene rings is 2. The Morgan fingerprint density at radius 3 is 2.47 bits per heavy atom. The molecule has 12 heteroatoms. The van der Waals surface area contributed by atoms with E-state index in [1.165, 1.54) is 23.0 Å². The number of aromatic hydroxyl groups is 1. The van der Waals surface area contributed by atoms with Crippen LogP contribution < -0.4 is 9.64 Å².